The molecule has 0 aliphatic rings. The summed E-state index contributed by atoms with van der Waals surface area (Å²) in [5.41, 5.74) is 5.01. The Bertz CT molecular complexity index is 1070. The molecule has 24 heavy (non-hydrogen) atoms. The van der Waals surface area contributed by atoms with E-state index in [2.05, 4.69) is 65.1 Å². The summed E-state index contributed by atoms with van der Waals surface area (Å²) in [6, 6.07) is 18.4. The van der Waals surface area contributed by atoms with Crippen LogP contribution in [0, 0.1) is 18.8 Å². The van der Waals surface area contributed by atoms with Gasteiger partial charge in [0.05, 0.1) is 11.0 Å². The number of rotatable bonds is 0. The standard InChI is InChI=1S/C21H14N2.Ru/c1-15-4-6-16(7-5-15)8-9-17-13-19-11-10-18-3-2-12-22-20(18)21(19)23-14-17;/h2-7,10-14H,1H3;. The molecule has 2 aromatic heterocycles. The Morgan fingerprint density at radius 1 is 0.750 bits per heavy atom. The summed E-state index contributed by atoms with van der Waals surface area (Å²) in [5, 5.41) is 2.16. The predicted octanol–water partition coefficient (Wildman–Crippen LogP) is 4.49. The molecule has 0 spiro atoms. The van der Waals surface area contributed by atoms with Gasteiger partial charge in [0.1, 0.15) is 0 Å². The maximum atomic E-state index is 4.57. The predicted molar refractivity (Wildman–Crippen MR) is 94.2 cm³/mol. The fraction of sp³-hybridized carbons (Fsp3) is 0.0476. The van der Waals surface area contributed by atoms with Crippen LogP contribution in [0.3, 0.4) is 0 Å². The van der Waals surface area contributed by atoms with Crippen LogP contribution in [0.1, 0.15) is 16.7 Å². The van der Waals surface area contributed by atoms with Crippen LogP contribution < -0.4 is 0 Å². The van der Waals surface area contributed by atoms with Crippen LogP contribution in [0.15, 0.2) is 67.0 Å². The van der Waals surface area contributed by atoms with E-state index in [1.807, 2.05) is 24.4 Å². The van der Waals surface area contributed by atoms with Gasteiger partial charge >= 0.3 is 0 Å². The van der Waals surface area contributed by atoms with E-state index >= 15 is 0 Å². The molecule has 0 bridgehead atoms. The van der Waals surface area contributed by atoms with Crippen LogP contribution in [-0.4, -0.2) is 9.97 Å². The van der Waals surface area contributed by atoms with Gasteiger partial charge in [0.25, 0.3) is 0 Å². The van der Waals surface area contributed by atoms with Gasteiger partial charge in [0.2, 0.25) is 0 Å². The van der Waals surface area contributed by atoms with E-state index in [1.54, 1.807) is 6.20 Å². The minimum Gasteiger partial charge on any atom is -0.254 e. The molecule has 0 aliphatic carbocycles. The van der Waals surface area contributed by atoms with Gasteiger partial charge in [-0.15, -0.1) is 0 Å². The molecule has 0 saturated heterocycles. The average molecular weight is 395 g/mol. The van der Waals surface area contributed by atoms with Crippen molar-refractivity contribution in [1.29, 1.82) is 0 Å². The van der Waals surface area contributed by atoms with Gasteiger partial charge in [-0.1, -0.05) is 47.7 Å². The zero-order chi connectivity index (χ0) is 15.6. The molecular formula is C21H14N2Ru. The SMILES string of the molecule is Cc1ccc(C#Cc2cnc3c(ccc4cccnc43)c2)cc1.[Ru]. The van der Waals surface area contributed by atoms with Crippen molar-refractivity contribution in [3.63, 3.8) is 0 Å². The molecule has 2 aromatic carbocycles. The van der Waals surface area contributed by atoms with Gasteiger partial charge in [0.15, 0.2) is 0 Å². The topological polar surface area (TPSA) is 25.8 Å². The average Bonchev–Trinajstić information content (AvgIpc) is 2.61. The molecule has 0 radical (unpaired) electrons. The van der Waals surface area contributed by atoms with Gasteiger partial charge in [-0.05, 0) is 31.2 Å². The first-order valence-electron chi connectivity index (χ1n) is 7.52. The fourth-order valence-electron chi connectivity index (χ4n) is 2.59. The van der Waals surface area contributed by atoms with E-state index in [9.17, 15) is 0 Å². The molecular weight excluding hydrogens is 381 g/mol. The number of pyridine rings is 2. The Morgan fingerprint density at radius 2 is 1.46 bits per heavy atom. The van der Waals surface area contributed by atoms with Crippen molar-refractivity contribution in [3.8, 4) is 11.8 Å². The van der Waals surface area contributed by atoms with E-state index in [-0.39, 0.29) is 19.5 Å². The zero-order valence-corrected chi connectivity index (χ0v) is 14.8. The second-order valence-corrected chi connectivity index (χ2v) is 5.55. The Morgan fingerprint density at radius 3 is 2.29 bits per heavy atom. The summed E-state index contributed by atoms with van der Waals surface area (Å²) in [6.45, 7) is 2.07. The first-order valence-corrected chi connectivity index (χ1v) is 7.52. The molecule has 0 fully saturated rings. The van der Waals surface area contributed by atoms with Crippen LogP contribution >= 0.6 is 0 Å². The molecule has 2 heterocycles. The van der Waals surface area contributed by atoms with Crippen molar-refractivity contribution in [3.05, 3.63) is 83.7 Å². The smallest absolute Gasteiger partial charge is 0.0965 e. The Kier molecular flexibility index (Phi) is 4.69. The van der Waals surface area contributed by atoms with Crippen molar-refractivity contribution >= 4 is 21.8 Å². The summed E-state index contributed by atoms with van der Waals surface area (Å²) >= 11 is 0. The number of fused-ring (bicyclic) bond motifs is 3. The molecule has 0 saturated carbocycles. The van der Waals surface area contributed by atoms with Crippen LogP contribution in [0.2, 0.25) is 0 Å². The van der Waals surface area contributed by atoms with Gasteiger partial charge in [-0.3, -0.25) is 9.97 Å². The number of aromatic nitrogens is 2. The third-order valence-electron chi connectivity index (χ3n) is 3.83. The van der Waals surface area contributed by atoms with E-state index < -0.39 is 0 Å². The first-order chi connectivity index (χ1) is 11.3. The van der Waals surface area contributed by atoms with Crippen molar-refractivity contribution in [1.82, 2.24) is 9.97 Å². The monoisotopic (exact) mass is 396 g/mol. The largest absolute Gasteiger partial charge is 0.254 e. The van der Waals surface area contributed by atoms with Crippen LogP contribution in [0.25, 0.3) is 21.8 Å². The van der Waals surface area contributed by atoms with Crippen LogP contribution in [0.5, 0.6) is 0 Å². The quantitative estimate of drug-likeness (QED) is 0.249. The normalized spacial score (nSPS) is 10.0. The summed E-state index contributed by atoms with van der Waals surface area (Å²) in [4.78, 5) is 9.01. The van der Waals surface area contributed by atoms with Crippen molar-refractivity contribution in [2.24, 2.45) is 0 Å². The Balaban J connectivity index is 0.00000169. The van der Waals surface area contributed by atoms with Gasteiger partial charge in [-0.2, -0.15) is 0 Å². The fourth-order valence-corrected chi connectivity index (χ4v) is 2.59. The molecule has 0 unspecified atom stereocenters. The second kappa shape index (κ2) is 6.91. The molecule has 0 amide bonds. The number of benzene rings is 2. The molecule has 0 aliphatic heterocycles. The summed E-state index contributed by atoms with van der Waals surface area (Å²) < 4.78 is 0. The minimum atomic E-state index is 0. The summed E-state index contributed by atoms with van der Waals surface area (Å²) in [5.74, 6) is 6.37. The molecule has 4 rings (SSSR count). The van der Waals surface area contributed by atoms with Crippen LogP contribution in [0.4, 0.5) is 0 Å². The van der Waals surface area contributed by atoms with Crippen molar-refractivity contribution < 1.29 is 19.5 Å². The molecule has 4 aromatic rings. The second-order valence-electron chi connectivity index (χ2n) is 5.55. The minimum absolute atomic E-state index is 0. The number of nitrogens with zero attached hydrogens (tertiary/aromatic N) is 2. The van der Waals surface area contributed by atoms with Gasteiger partial charge < -0.3 is 0 Å². The van der Waals surface area contributed by atoms with E-state index in [4.69, 9.17) is 0 Å². The maximum Gasteiger partial charge on any atom is 0.0965 e. The van der Waals surface area contributed by atoms with Crippen molar-refractivity contribution in [2.75, 3.05) is 0 Å². The molecule has 2 nitrogen and oxygen atoms in total. The third kappa shape index (κ3) is 3.20. The maximum absolute atomic E-state index is 4.57. The summed E-state index contributed by atoms with van der Waals surface area (Å²) in [6.07, 6.45) is 3.62. The Labute approximate surface area is 153 Å². The van der Waals surface area contributed by atoms with E-state index in [0.29, 0.717) is 0 Å². The van der Waals surface area contributed by atoms with E-state index in [0.717, 1.165) is 32.9 Å². The van der Waals surface area contributed by atoms with Gasteiger partial charge in [0, 0.05) is 53.8 Å². The summed E-state index contributed by atoms with van der Waals surface area (Å²) in [7, 11) is 0. The molecule has 0 atom stereocenters. The Hall–Kier alpha value is -2.56. The zero-order valence-electron chi connectivity index (χ0n) is 13.1. The van der Waals surface area contributed by atoms with Crippen LogP contribution in [-0.2, 0) is 19.5 Å². The van der Waals surface area contributed by atoms with Crippen molar-refractivity contribution in [2.45, 2.75) is 6.92 Å². The molecule has 0 N–H and O–H groups in total. The number of hydrogen-bond acceptors (Lipinski definition) is 2. The van der Waals surface area contributed by atoms with E-state index in [1.165, 1.54) is 5.56 Å². The number of aryl methyl sites for hydroxylation is 1. The van der Waals surface area contributed by atoms with Gasteiger partial charge in [-0.25, -0.2) is 0 Å². The third-order valence-corrected chi connectivity index (χ3v) is 3.83. The first kappa shape index (κ1) is 16.3. The molecule has 3 heteroatoms. The number of hydrogen-bond donors (Lipinski definition) is 0. The molecule has 116 valence electrons.